The Bertz CT molecular complexity index is 397. The molecule has 5 heteroatoms. The summed E-state index contributed by atoms with van der Waals surface area (Å²) < 4.78 is 37.7. The van der Waals surface area contributed by atoms with Crippen LogP contribution in [-0.2, 0) is 12.7 Å². The Morgan fingerprint density at radius 2 is 1.89 bits per heavy atom. The number of likely N-dealkylation sites (tertiary alicyclic amines) is 1. The van der Waals surface area contributed by atoms with Crippen molar-refractivity contribution in [3.05, 3.63) is 35.4 Å². The van der Waals surface area contributed by atoms with E-state index in [2.05, 4.69) is 0 Å². The van der Waals surface area contributed by atoms with Crippen molar-refractivity contribution in [2.75, 3.05) is 13.1 Å². The lowest BCUT2D eigenvalue weighted by Crippen LogP contribution is -3.12. The van der Waals surface area contributed by atoms with Gasteiger partial charge < -0.3 is 10.0 Å². The second-order valence-corrected chi connectivity index (χ2v) is 4.86. The van der Waals surface area contributed by atoms with Crippen LogP contribution >= 0.6 is 0 Å². The van der Waals surface area contributed by atoms with E-state index in [0.29, 0.717) is 12.1 Å². The number of hydrogen-bond acceptors (Lipinski definition) is 1. The van der Waals surface area contributed by atoms with E-state index < -0.39 is 11.7 Å². The molecule has 1 aromatic carbocycles. The number of quaternary nitrogens is 1. The molecule has 0 aromatic heterocycles. The van der Waals surface area contributed by atoms with Gasteiger partial charge in [-0.3, -0.25) is 0 Å². The molecule has 1 heterocycles. The highest BCUT2D eigenvalue weighted by Crippen LogP contribution is 2.29. The number of hydrogen-bond donors (Lipinski definition) is 2. The van der Waals surface area contributed by atoms with Crippen LogP contribution in [0.2, 0.25) is 0 Å². The molecule has 2 N–H and O–H groups in total. The maximum atomic E-state index is 12.6. The topological polar surface area (TPSA) is 24.7 Å². The van der Waals surface area contributed by atoms with Gasteiger partial charge in [0.2, 0.25) is 0 Å². The number of aliphatic hydroxyl groups is 1. The van der Waals surface area contributed by atoms with Crippen molar-refractivity contribution in [3.8, 4) is 0 Å². The highest BCUT2D eigenvalue weighted by Gasteiger charge is 2.30. The Morgan fingerprint density at radius 1 is 1.22 bits per heavy atom. The highest BCUT2D eigenvalue weighted by atomic mass is 19.4. The molecule has 18 heavy (non-hydrogen) atoms. The summed E-state index contributed by atoms with van der Waals surface area (Å²) in [6, 6.07) is 5.50. The van der Waals surface area contributed by atoms with Crippen molar-refractivity contribution in [2.45, 2.75) is 31.7 Å². The van der Waals surface area contributed by atoms with Crippen LogP contribution in [0.3, 0.4) is 0 Å². The van der Waals surface area contributed by atoms with Gasteiger partial charge in [-0.15, -0.1) is 0 Å². The van der Waals surface area contributed by atoms with Crippen LogP contribution in [0.1, 0.15) is 24.0 Å². The third-order valence-electron chi connectivity index (χ3n) is 3.37. The quantitative estimate of drug-likeness (QED) is 0.822. The standard InChI is InChI=1S/C13H16F3NO/c14-13(15,16)11-3-1-2-10(8-11)9-17-6-4-12(18)5-7-17/h1-3,8,12,18H,4-7,9H2/p+1. The van der Waals surface area contributed by atoms with Crippen LogP contribution in [0.4, 0.5) is 13.2 Å². The van der Waals surface area contributed by atoms with Gasteiger partial charge in [-0.1, -0.05) is 12.1 Å². The van der Waals surface area contributed by atoms with E-state index in [1.54, 1.807) is 6.07 Å². The van der Waals surface area contributed by atoms with Crippen molar-refractivity contribution in [2.24, 2.45) is 0 Å². The fraction of sp³-hybridized carbons (Fsp3) is 0.538. The van der Waals surface area contributed by atoms with Gasteiger partial charge in [0.1, 0.15) is 6.54 Å². The van der Waals surface area contributed by atoms with Gasteiger partial charge >= 0.3 is 6.18 Å². The zero-order chi connectivity index (χ0) is 13.2. The molecule has 1 aliphatic heterocycles. The number of rotatable bonds is 2. The van der Waals surface area contributed by atoms with E-state index in [9.17, 15) is 18.3 Å². The molecule has 0 bridgehead atoms. The van der Waals surface area contributed by atoms with Gasteiger partial charge in [0.25, 0.3) is 0 Å². The second kappa shape index (κ2) is 5.28. The molecular formula is C13H17F3NO+. The van der Waals surface area contributed by atoms with Gasteiger partial charge in [-0.2, -0.15) is 13.2 Å². The van der Waals surface area contributed by atoms with E-state index in [-0.39, 0.29) is 6.10 Å². The third-order valence-corrected chi connectivity index (χ3v) is 3.37. The van der Waals surface area contributed by atoms with E-state index in [1.807, 2.05) is 0 Å². The highest BCUT2D eigenvalue weighted by molar-refractivity contribution is 5.24. The lowest BCUT2D eigenvalue weighted by atomic mass is 10.1. The summed E-state index contributed by atoms with van der Waals surface area (Å²) in [6.07, 6.45) is -3.05. The molecule has 0 atom stereocenters. The zero-order valence-electron chi connectivity index (χ0n) is 10.0. The van der Waals surface area contributed by atoms with E-state index in [0.717, 1.165) is 32.0 Å². The first-order chi connectivity index (χ1) is 8.45. The summed E-state index contributed by atoms with van der Waals surface area (Å²) >= 11 is 0. The van der Waals surface area contributed by atoms with Crippen LogP contribution in [0.5, 0.6) is 0 Å². The number of aliphatic hydroxyl groups excluding tert-OH is 1. The Morgan fingerprint density at radius 3 is 2.50 bits per heavy atom. The number of alkyl halides is 3. The summed E-state index contributed by atoms with van der Waals surface area (Å²) in [4.78, 5) is 1.24. The fourth-order valence-corrected chi connectivity index (χ4v) is 2.33. The molecule has 0 unspecified atom stereocenters. The summed E-state index contributed by atoms with van der Waals surface area (Å²) in [6.45, 7) is 2.23. The molecule has 1 saturated heterocycles. The Kier molecular flexibility index (Phi) is 3.92. The van der Waals surface area contributed by atoms with Crippen molar-refractivity contribution in [1.29, 1.82) is 0 Å². The molecule has 0 aliphatic carbocycles. The molecule has 2 nitrogen and oxygen atoms in total. The zero-order valence-corrected chi connectivity index (χ0v) is 10.0. The lowest BCUT2D eigenvalue weighted by molar-refractivity contribution is -0.919. The van der Waals surface area contributed by atoms with E-state index in [4.69, 9.17) is 0 Å². The molecule has 1 aromatic rings. The SMILES string of the molecule is OC1CC[NH+](Cc2cccc(C(F)(F)F)c2)CC1. The molecule has 1 fully saturated rings. The Labute approximate surface area is 104 Å². The minimum absolute atomic E-state index is 0.241. The van der Waals surface area contributed by atoms with Gasteiger partial charge in [-0.05, 0) is 12.1 Å². The molecular weight excluding hydrogens is 243 g/mol. The van der Waals surface area contributed by atoms with Crippen molar-refractivity contribution >= 4 is 0 Å². The molecule has 0 radical (unpaired) electrons. The number of benzene rings is 1. The lowest BCUT2D eigenvalue weighted by Gasteiger charge is -2.26. The summed E-state index contributed by atoms with van der Waals surface area (Å²) in [7, 11) is 0. The van der Waals surface area contributed by atoms with Crippen LogP contribution in [0, 0.1) is 0 Å². The van der Waals surface area contributed by atoms with Gasteiger partial charge in [0.05, 0.1) is 24.8 Å². The van der Waals surface area contributed by atoms with Crippen molar-refractivity contribution < 1.29 is 23.2 Å². The molecule has 0 saturated carbocycles. The predicted molar refractivity (Wildman–Crippen MR) is 61.1 cm³/mol. The molecule has 0 spiro atoms. The molecule has 0 amide bonds. The van der Waals surface area contributed by atoms with E-state index >= 15 is 0 Å². The maximum absolute atomic E-state index is 12.6. The van der Waals surface area contributed by atoms with Gasteiger partial charge in [0, 0.05) is 18.4 Å². The van der Waals surface area contributed by atoms with Crippen LogP contribution in [0.25, 0.3) is 0 Å². The summed E-state index contributed by atoms with van der Waals surface area (Å²) in [5.41, 5.74) is 0.118. The molecule has 1 aliphatic rings. The number of piperidine rings is 1. The van der Waals surface area contributed by atoms with Crippen LogP contribution in [0.15, 0.2) is 24.3 Å². The first kappa shape index (κ1) is 13.4. The fourth-order valence-electron chi connectivity index (χ4n) is 2.33. The first-order valence-corrected chi connectivity index (χ1v) is 6.13. The monoisotopic (exact) mass is 260 g/mol. The minimum atomic E-state index is -4.27. The average Bonchev–Trinajstić information content (AvgIpc) is 2.31. The van der Waals surface area contributed by atoms with Crippen LogP contribution in [-0.4, -0.2) is 24.3 Å². The van der Waals surface area contributed by atoms with Crippen molar-refractivity contribution in [3.63, 3.8) is 0 Å². The number of halogens is 3. The summed E-state index contributed by atoms with van der Waals surface area (Å²) in [5.74, 6) is 0. The molecule has 100 valence electrons. The first-order valence-electron chi connectivity index (χ1n) is 6.13. The Hall–Kier alpha value is -1.07. The normalized spacial score (nSPS) is 25.1. The van der Waals surface area contributed by atoms with E-state index in [1.165, 1.54) is 17.0 Å². The average molecular weight is 260 g/mol. The minimum Gasteiger partial charge on any atom is -0.393 e. The second-order valence-electron chi connectivity index (χ2n) is 4.86. The largest absolute Gasteiger partial charge is 0.416 e. The third kappa shape index (κ3) is 3.46. The Balaban J connectivity index is 2.01. The molecule has 2 rings (SSSR count). The maximum Gasteiger partial charge on any atom is 0.416 e. The smallest absolute Gasteiger partial charge is 0.393 e. The van der Waals surface area contributed by atoms with Gasteiger partial charge in [0.15, 0.2) is 0 Å². The van der Waals surface area contributed by atoms with Gasteiger partial charge in [-0.25, -0.2) is 0 Å². The van der Waals surface area contributed by atoms with Crippen LogP contribution < -0.4 is 4.90 Å². The summed E-state index contributed by atoms with van der Waals surface area (Å²) in [5, 5.41) is 9.38. The number of nitrogens with one attached hydrogen (secondary N) is 1. The van der Waals surface area contributed by atoms with Crippen molar-refractivity contribution in [1.82, 2.24) is 0 Å². The predicted octanol–water partition coefficient (Wildman–Crippen LogP) is 1.25.